The zero-order valence-corrected chi connectivity index (χ0v) is 12.2. The number of hydrogen-bond acceptors (Lipinski definition) is 4. The van der Waals surface area contributed by atoms with Crippen molar-refractivity contribution in [3.8, 4) is 11.5 Å². The Balaban J connectivity index is 2.79. The molecule has 1 atom stereocenters. The highest BCUT2D eigenvalue weighted by Crippen LogP contribution is 2.28. The fourth-order valence-corrected chi connectivity index (χ4v) is 1.81. The molecule has 0 saturated heterocycles. The molecule has 0 aliphatic carbocycles. The van der Waals surface area contributed by atoms with Crippen LogP contribution in [-0.2, 0) is 11.3 Å². The van der Waals surface area contributed by atoms with Gasteiger partial charge in [0.25, 0.3) is 0 Å². The molecule has 0 heterocycles. The minimum absolute atomic E-state index is 0.00276. The molecule has 1 aromatic rings. The lowest BCUT2D eigenvalue weighted by Crippen LogP contribution is -2.41. The number of nitrogens with zero attached hydrogens (tertiary/aromatic N) is 1. The second-order valence-corrected chi connectivity index (χ2v) is 4.39. The van der Waals surface area contributed by atoms with Crippen molar-refractivity contribution in [2.24, 2.45) is 0 Å². The van der Waals surface area contributed by atoms with Crippen LogP contribution < -0.4 is 14.8 Å². The van der Waals surface area contributed by atoms with Crippen LogP contribution in [0, 0.1) is 0 Å². The monoisotopic (exact) mass is 266 g/mol. The molecular weight excluding hydrogens is 244 g/mol. The zero-order valence-electron chi connectivity index (χ0n) is 12.2. The maximum atomic E-state index is 11.6. The fourth-order valence-electron chi connectivity index (χ4n) is 1.81. The van der Waals surface area contributed by atoms with Crippen molar-refractivity contribution in [1.29, 1.82) is 0 Å². The lowest BCUT2D eigenvalue weighted by molar-refractivity contribution is -0.125. The maximum Gasteiger partial charge on any atom is 0.236 e. The number of amides is 1. The van der Waals surface area contributed by atoms with Crippen LogP contribution in [0.15, 0.2) is 18.2 Å². The van der Waals surface area contributed by atoms with Gasteiger partial charge in [0.15, 0.2) is 11.5 Å². The Bertz CT molecular complexity index is 435. The molecule has 0 aliphatic rings. The van der Waals surface area contributed by atoms with E-state index in [0.717, 1.165) is 5.56 Å². The van der Waals surface area contributed by atoms with Crippen molar-refractivity contribution in [3.05, 3.63) is 23.8 Å². The summed E-state index contributed by atoms with van der Waals surface area (Å²) in [4.78, 5) is 13.5. The Labute approximate surface area is 114 Å². The average Bonchev–Trinajstić information content (AvgIpc) is 2.45. The van der Waals surface area contributed by atoms with Gasteiger partial charge in [0.1, 0.15) is 0 Å². The molecule has 106 valence electrons. The van der Waals surface area contributed by atoms with Crippen LogP contribution in [0.4, 0.5) is 0 Å². The van der Waals surface area contributed by atoms with Crippen molar-refractivity contribution in [1.82, 2.24) is 10.2 Å². The van der Waals surface area contributed by atoms with E-state index in [2.05, 4.69) is 5.32 Å². The van der Waals surface area contributed by atoms with Crippen molar-refractivity contribution < 1.29 is 14.3 Å². The second-order valence-electron chi connectivity index (χ2n) is 4.39. The molecule has 0 unspecified atom stereocenters. The molecule has 0 radical (unpaired) electrons. The minimum atomic E-state index is -0.182. The highest BCUT2D eigenvalue weighted by Gasteiger charge is 2.17. The molecule has 5 nitrogen and oxygen atoms in total. The Kier molecular flexibility index (Phi) is 5.63. The number of methoxy groups -OCH3 is 2. The Morgan fingerprint density at radius 2 is 1.95 bits per heavy atom. The lowest BCUT2D eigenvalue weighted by Gasteiger charge is -2.23. The summed E-state index contributed by atoms with van der Waals surface area (Å²) in [7, 11) is 6.77. The Morgan fingerprint density at radius 3 is 2.47 bits per heavy atom. The Morgan fingerprint density at radius 1 is 1.32 bits per heavy atom. The van der Waals surface area contributed by atoms with E-state index in [-0.39, 0.29) is 11.9 Å². The molecule has 0 aromatic heterocycles. The van der Waals surface area contributed by atoms with E-state index in [1.165, 1.54) is 0 Å². The molecule has 0 fully saturated rings. The van der Waals surface area contributed by atoms with Crippen LogP contribution in [0.1, 0.15) is 12.5 Å². The van der Waals surface area contributed by atoms with E-state index in [1.54, 1.807) is 21.3 Å². The van der Waals surface area contributed by atoms with Gasteiger partial charge in [-0.25, -0.2) is 0 Å². The van der Waals surface area contributed by atoms with Gasteiger partial charge in [-0.2, -0.15) is 0 Å². The lowest BCUT2D eigenvalue weighted by atomic mass is 10.1. The first-order chi connectivity index (χ1) is 9.03. The topological polar surface area (TPSA) is 50.8 Å². The largest absolute Gasteiger partial charge is 0.493 e. The molecule has 0 spiro atoms. The molecule has 0 bridgehead atoms. The van der Waals surface area contributed by atoms with Gasteiger partial charge >= 0.3 is 0 Å². The van der Waals surface area contributed by atoms with Crippen LogP contribution in [0.3, 0.4) is 0 Å². The Hall–Kier alpha value is -1.75. The summed E-state index contributed by atoms with van der Waals surface area (Å²) in [5.41, 5.74) is 1.07. The standard InChI is InChI=1S/C14H22N2O3/c1-10(14(17)15-2)16(3)9-11-6-7-12(18-4)13(8-11)19-5/h6-8,10H,9H2,1-5H3,(H,15,17)/t10-/m0/s1. The predicted octanol–water partition coefficient (Wildman–Crippen LogP) is 1.27. The molecule has 1 N–H and O–H groups in total. The van der Waals surface area contributed by atoms with Gasteiger partial charge in [0.2, 0.25) is 5.91 Å². The third-order valence-electron chi connectivity index (χ3n) is 3.17. The van der Waals surface area contributed by atoms with E-state index in [9.17, 15) is 4.79 Å². The summed E-state index contributed by atoms with van der Waals surface area (Å²) >= 11 is 0. The smallest absolute Gasteiger partial charge is 0.236 e. The predicted molar refractivity (Wildman–Crippen MR) is 74.5 cm³/mol. The van der Waals surface area contributed by atoms with E-state index in [0.29, 0.717) is 18.0 Å². The van der Waals surface area contributed by atoms with Gasteiger partial charge < -0.3 is 14.8 Å². The number of benzene rings is 1. The van der Waals surface area contributed by atoms with E-state index in [1.807, 2.05) is 37.1 Å². The first-order valence-electron chi connectivity index (χ1n) is 6.16. The van der Waals surface area contributed by atoms with Gasteiger partial charge in [-0.05, 0) is 31.7 Å². The van der Waals surface area contributed by atoms with Crippen molar-refractivity contribution in [2.75, 3.05) is 28.3 Å². The number of rotatable bonds is 6. The number of likely N-dealkylation sites (N-methyl/N-ethyl adjacent to an activating group) is 2. The molecule has 0 aliphatic heterocycles. The SMILES string of the molecule is CNC(=O)[C@H](C)N(C)Cc1ccc(OC)c(OC)c1. The zero-order chi connectivity index (χ0) is 14.4. The van der Waals surface area contributed by atoms with Crippen LogP contribution in [0.2, 0.25) is 0 Å². The molecular formula is C14H22N2O3. The summed E-state index contributed by atoms with van der Waals surface area (Å²) in [6, 6.07) is 5.57. The molecule has 1 rings (SSSR count). The van der Waals surface area contributed by atoms with Gasteiger partial charge in [-0.1, -0.05) is 6.07 Å². The highest BCUT2D eigenvalue weighted by molar-refractivity contribution is 5.80. The average molecular weight is 266 g/mol. The molecule has 1 aromatic carbocycles. The summed E-state index contributed by atoms with van der Waals surface area (Å²) in [6.45, 7) is 2.54. The third-order valence-corrected chi connectivity index (χ3v) is 3.17. The van der Waals surface area contributed by atoms with Crippen molar-refractivity contribution in [3.63, 3.8) is 0 Å². The third kappa shape index (κ3) is 3.86. The van der Waals surface area contributed by atoms with Gasteiger partial charge in [0.05, 0.1) is 20.3 Å². The van der Waals surface area contributed by atoms with Gasteiger partial charge in [0, 0.05) is 13.6 Å². The van der Waals surface area contributed by atoms with E-state index < -0.39 is 0 Å². The summed E-state index contributed by atoms with van der Waals surface area (Å²) in [5, 5.41) is 2.65. The minimum Gasteiger partial charge on any atom is -0.493 e. The van der Waals surface area contributed by atoms with E-state index in [4.69, 9.17) is 9.47 Å². The quantitative estimate of drug-likeness (QED) is 0.842. The molecule has 19 heavy (non-hydrogen) atoms. The number of carbonyl (C=O) groups excluding carboxylic acids is 1. The fraction of sp³-hybridized carbons (Fsp3) is 0.500. The normalized spacial score (nSPS) is 12.1. The number of hydrogen-bond donors (Lipinski definition) is 1. The number of nitrogens with one attached hydrogen (secondary N) is 1. The second kappa shape index (κ2) is 6.99. The summed E-state index contributed by atoms with van der Waals surface area (Å²) in [6.07, 6.45) is 0. The maximum absolute atomic E-state index is 11.6. The number of ether oxygens (including phenoxy) is 2. The van der Waals surface area contributed by atoms with Crippen LogP contribution in [0.25, 0.3) is 0 Å². The number of carbonyl (C=O) groups is 1. The summed E-state index contributed by atoms with van der Waals surface area (Å²) in [5.74, 6) is 1.40. The van der Waals surface area contributed by atoms with Crippen LogP contribution in [-0.4, -0.2) is 45.2 Å². The first kappa shape index (κ1) is 15.3. The first-order valence-corrected chi connectivity index (χ1v) is 6.16. The van der Waals surface area contributed by atoms with Gasteiger partial charge in [-0.15, -0.1) is 0 Å². The van der Waals surface area contributed by atoms with Gasteiger partial charge in [-0.3, -0.25) is 9.69 Å². The molecule has 5 heteroatoms. The molecule has 1 amide bonds. The van der Waals surface area contributed by atoms with E-state index >= 15 is 0 Å². The van der Waals surface area contributed by atoms with Crippen LogP contribution in [0.5, 0.6) is 11.5 Å². The molecule has 0 saturated carbocycles. The van der Waals surface area contributed by atoms with Crippen molar-refractivity contribution >= 4 is 5.91 Å². The van der Waals surface area contributed by atoms with Crippen molar-refractivity contribution in [2.45, 2.75) is 19.5 Å². The van der Waals surface area contributed by atoms with Crippen LogP contribution >= 0.6 is 0 Å². The highest BCUT2D eigenvalue weighted by atomic mass is 16.5. The summed E-state index contributed by atoms with van der Waals surface area (Å²) < 4.78 is 10.5.